The highest BCUT2D eigenvalue weighted by molar-refractivity contribution is 5.97. The minimum atomic E-state index is -0.948. The maximum atomic E-state index is 11.9. The van der Waals surface area contributed by atoms with Gasteiger partial charge in [0.25, 0.3) is 5.91 Å². The van der Waals surface area contributed by atoms with Crippen molar-refractivity contribution < 1.29 is 14.7 Å². The van der Waals surface area contributed by atoms with Crippen LogP contribution in [0.1, 0.15) is 24.9 Å². The van der Waals surface area contributed by atoms with E-state index in [-0.39, 0.29) is 24.6 Å². The van der Waals surface area contributed by atoms with Gasteiger partial charge in [0.1, 0.15) is 11.6 Å². The summed E-state index contributed by atoms with van der Waals surface area (Å²) in [7, 11) is 0. The highest BCUT2D eigenvalue weighted by Crippen LogP contribution is 2.11. The van der Waals surface area contributed by atoms with E-state index in [2.05, 4.69) is 10.6 Å². The van der Waals surface area contributed by atoms with Crippen LogP contribution >= 0.6 is 0 Å². The quantitative estimate of drug-likeness (QED) is 0.399. The summed E-state index contributed by atoms with van der Waals surface area (Å²) >= 11 is 0. The molecule has 3 N–H and O–H groups in total. The SMILES string of the molecule is CC(NC(=O)/C(C#N)=C\NCCC(=O)O)c1ccccc1. The number of benzene rings is 1. The first-order valence-electron chi connectivity index (χ1n) is 6.46. The molecular weight excluding hydrogens is 270 g/mol. The number of hydrogen-bond acceptors (Lipinski definition) is 4. The normalized spacial score (nSPS) is 12.1. The standard InChI is InChI=1S/C15H17N3O3/c1-11(12-5-3-2-4-6-12)18-15(21)13(9-16)10-17-8-7-14(19)20/h2-6,10-11,17H,7-8H2,1H3,(H,18,21)(H,19,20)/b13-10-. The van der Waals surface area contributed by atoms with E-state index in [1.54, 1.807) is 6.07 Å². The summed E-state index contributed by atoms with van der Waals surface area (Å²) < 4.78 is 0. The lowest BCUT2D eigenvalue weighted by Crippen LogP contribution is -2.28. The van der Waals surface area contributed by atoms with Crippen LogP contribution in [0.15, 0.2) is 42.1 Å². The molecular formula is C15H17N3O3. The lowest BCUT2D eigenvalue weighted by atomic mass is 10.1. The van der Waals surface area contributed by atoms with Crippen LogP contribution in [0, 0.1) is 11.3 Å². The molecule has 110 valence electrons. The molecule has 1 rings (SSSR count). The molecule has 21 heavy (non-hydrogen) atoms. The highest BCUT2D eigenvalue weighted by atomic mass is 16.4. The Balaban J connectivity index is 2.57. The molecule has 1 aromatic carbocycles. The molecule has 0 radical (unpaired) electrons. The van der Waals surface area contributed by atoms with Gasteiger partial charge in [-0.2, -0.15) is 5.26 Å². The molecule has 1 amide bonds. The minimum absolute atomic E-state index is 0.0861. The molecule has 0 saturated carbocycles. The van der Waals surface area contributed by atoms with E-state index in [1.807, 2.05) is 37.3 Å². The molecule has 1 unspecified atom stereocenters. The Kier molecular flexibility index (Phi) is 6.48. The zero-order chi connectivity index (χ0) is 15.7. The number of aliphatic carboxylic acids is 1. The lowest BCUT2D eigenvalue weighted by molar-refractivity contribution is -0.136. The Bertz CT molecular complexity index is 561. The Morgan fingerprint density at radius 3 is 2.62 bits per heavy atom. The maximum Gasteiger partial charge on any atom is 0.305 e. The summed E-state index contributed by atoms with van der Waals surface area (Å²) in [5.74, 6) is -1.45. The number of nitriles is 1. The van der Waals surface area contributed by atoms with Gasteiger partial charge in [-0.25, -0.2) is 0 Å². The summed E-state index contributed by atoms with van der Waals surface area (Å²) in [6.45, 7) is 1.97. The number of rotatable bonds is 7. The van der Waals surface area contributed by atoms with Crippen LogP contribution in [0.25, 0.3) is 0 Å². The number of carbonyl (C=O) groups is 2. The van der Waals surface area contributed by atoms with Gasteiger partial charge in [0, 0.05) is 12.7 Å². The van der Waals surface area contributed by atoms with Gasteiger partial charge in [-0.05, 0) is 12.5 Å². The molecule has 6 heteroatoms. The smallest absolute Gasteiger partial charge is 0.305 e. The second-order valence-electron chi connectivity index (χ2n) is 4.37. The third-order valence-corrected chi connectivity index (χ3v) is 2.74. The molecule has 0 aliphatic heterocycles. The van der Waals surface area contributed by atoms with Crippen molar-refractivity contribution in [2.24, 2.45) is 0 Å². The van der Waals surface area contributed by atoms with Crippen molar-refractivity contribution in [3.05, 3.63) is 47.7 Å². The molecule has 1 aromatic rings. The van der Waals surface area contributed by atoms with Crippen molar-refractivity contribution >= 4 is 11.9 Å². The fourth-order valence-electron chi connectivity index (χ4n) is 1.60. The molecule has 1 atom stereocenters. The molecule has 0 fully saturated rings. The molecule has 0 aliphatic rings. The van der Waals surface area contributed by atoms with Crippen LogP contribution in [0.4, 0.5) is 0 Å². The molecule has 0 bridgehead atoms. The van der Waals surface area contributed by atoms with E-state index in [4.69, 9.17) is 10.4 Å². The summed E-state index contributed by atoms with van der Waals surface area (Å²) in [6.07, 6.45) is 1.15. The predicted molar refractivity (Wildman–Crippen MR) is 77.0 cm³/mol. The zero-order valence-electron chi connectivity index (χ0n) is 11.7. The highest BCUT2D eigenvalue weighted by Gasteiger charge is 2.13. The summed E-state index contributed by atoms with van der Waals surface area (Å²) in [5, 5.41) is 22.8. The van der Waals surface area contributed by atoms with Crippen LogP contribution in [0.2, 0.25) is 0 Å². The minimum Gasteiger partial charge on any atom is -0.481 e. The van der Waals surface area contributed by atoms with Gasteiger partial charge < -0.3 is 15.7 Å². The average Bonchev–Trinajstić information content (AvgIpc) is 2.47. The first-order chi connectivity index (χ1) is 10.0. The van der Waals surface area contributed by atoms with E-state index in [0.717, 1.165) is 5.56 Å². The monoisotopic (exact) mass is 287 g/mol. The molecule has 0 heterocycles. The zero-order valence-corrected chi connectivity index (χ0v) is 11.7. The largest absolute Gasteiger partial charge is 0.481 e. The molecule has 6 nitrogen and oxygen atoms in total. The second-order valence-corrected chi connectivity index (χ2v) is 4.37. The van der Waals surface area contributed by atoms with Crippen molar-refractivity contribution in [2.45, 2.75) is 19.4 Å². The average molecular weight is 287 g/mol. The number of carbonyl (C=O) groups excluding carboxylic acids is 1. The van der Waals surface area contributed by atoms with Gasteiger partial charge in [-0.1, -0.05) is 30.3 Å². The summed E-state index contributed by atoms with van der Waals surface area (Å²) in [5.41, 5.74) is 0.838. The van der Waals surface area contributed by atoms with E-state index in [9.17, 15) is 9.59 Å². The van der Waals surface area contributed by atoms with Crippen LogP contribution in [0.3, 0.4) is 0 Å². The van der Waals surface area contributed by atoms with Gasteiger partial charge in [0.2, 0.25) is 0 Å². The van der Waals surface area contributed by atoms with Gasteiger partial charge in [-0.3, -0.25) is 9.59 Å². The topological polar surface area (TPSA) is 102 Å². The lowest BCUT2D eigenvalue weighted by Gasteiger charge is -2.13. The van der Waals surface area contributed by atoms with Crippen LogP contribution in [-0.4, -0.2) is 23.5 Å². The van der Waals surface area contributed by atoms with E-state index in [0.29, 0.717) is 0 Å². The first kappa shape index (κ1) is 16.2. The van der Waals surface area contributed by atoms with Gasteiger partial charge in [0.05, 0.1) is 12.5 Å². The van der Waals surface area contributed by atoms with Gasteiger partial charge >= 0.3 is 5.97 Å². The molecule has 0 spiro atoms. The van der Waals surface area contributed by atoms with Crippen molar-refractivity contribution in [2.75, 3.05) is 6.54 Å². The Morgan fingerprint density at radius 1 is 1.38 bits per heavy atom. The molecule has 0 aromatic heterocycles. The number of nitrogens with zero attached hydrogens (tertiary/aromatic N) is 1. The fourth-order valence-corrected chi connectivity index (χ4v) is 1.60. The number of carboxylic acid groups (broad SMARTS) is 1. The van der Waals surface area contributed by atoms with Crippen LogP contribution in [-0.2, 0) is 9.59 Å². The van der Waals surface area contributed by atoms with Crippen LogP contribution in [0.5, 0.6) is 0 Å². The summed E-state index contributed by atoms with van der Waals surface area (Å²) in [6, 6.07) is 10.9. The van der Waals surface area contributed by atoms with Crippen molar-refractivity contribution in [1.82, 2.24) is 10.6 Å². The Hall–Kier alpha value is -2.81. The summed E-state index contributed by atoms with van der Waals surface area (Å²) in [4.78, 5) is 22.3. The number of carboxylic acids is 1. The fraction of sp³-hybridized carbons (Fsp3) is 0.267. The van der Waals surface area contributed by atoms with Crippen LogP contribution < -0.4 is 10.6 Å². The van der Waals surface area contributed by atoms with E-state index >= 15 is 0 Å². The van der Waals surface area contributed by atoms with Crippen molar-refractivity contribution in [1.29, 1.82) is 5.26 Å². The van der Waals surface area contributed by atoms with Gasteiger partial charge in [0.15, 0.2) is 0 Å². The predicted octanol–water partition coefficient (Wildman–Crippen LogP) is 1.34. The third kappa shape index (κ3) is 5.78. The molecule has 0 saturated heterocycles. The number of amides is 1. The third-order valence-electron chi connectivity index (χ3n) is 2.74. The Morgan fingerprint density at radius 2 is 2.05 bits per heavy atom. The molecule has 0 aliphatic carbocycles. The first-order valence-corrected chi connectivity index (χ1v) is 6.46. The number of hydrogen-bond donors (Lipinski definition) is 3. The van der Waals surface area contributed by atoms with Gasteiger partial charge in [-0.15, -0.1) is 0 Å². The second kappa shape index (κ2) is 8.38. The van der Waals surface area contributed by atoms with Crippen molar-refractivity contribution in [3.63, 3.8) is 0 Å². The van der Waals surface area contributed by atoms with Crippen molar-refractivity contribution in [3.8, 4) is 6.07 Å². The van der Waals surface area contributed by atoms with E-state index in [1.165, 1.54) is 6.20 Å². The van der Waals surface area contributed by atoms with E-state index < -0.39 is 11.9 Å². The maximum absolute atomic E-state index is 11.9. The number of nitrogens with one attached hydrogen (secondary N) is 2. The Labute approximate surface area is 123 Å².